The molecular weight excluding hydrogens is 258 g/mol. The van der Waals surface area contributed by atoms with Crippen molar-refractivity contribution in [1.29, 1.82) is 0 Å². The van der Waals surface area contributed by atoms with E-state index in [1.54, 1.807) is 0 Å². The average Bonchev–Trinajstić information content (AvgIpc) is 2.81. The number of nitrogens with one attached hydrogen (secondary N) is 1. The summed E-state index contributed by atoms with van der Waals surface area (Å²) >= 11 is 0. The van der Waals surface area contributed by atoms with E-state index in [1.807, 2.05) is 6.07 Å². The Morgan fingerprint density at radius 2 is 1.95 bits per heavy atom. The van der Waals surface area contributed by atoms with Gasteiger partial charge >= 0.3 is 0 Å². The Morgan fingerprint density at radius 1 is 1.24 bits per heavy atom. The molecule has 0 spiro atoms. The van der Waals surface area contributed by atoms with Gasteiger partial charge in [0.1, 0.15) is 0 Å². The van der Waals surface area contributed by atoms with E-state index in [-0.39, 0.29) is 0 Å². The highest BCUT2D eigenvalue weighted by molar-refractivity contribution is 5.37. The Kier molecular flexibility index (Phi) is 3.62. The predicted molar refractivity (Wildman–Crippen MR) is 86.7 cm³/mol. The number of aromatic nitrogens is 2. The lowest BCUT2D eigenvalue weighted by molar-refractivity contribution is 0.246. The Balaban J connectivity index is 2.04. The smallest absolute Gasteiger partial charge is 0.0648 e. The Hall–Kier alpha value is -1.61. The lowest BCUT2D eigenvalue weighted by Crippen LogP contribution is -2.36. The van der Waals surface area contributed by atoms with Crippen molar-refractivity contribution in [3.8, 4) is 5.69 Å². The van der Waals surface area contributed by atoms with Crippen molar-refractivity contribution >= 4 is 0 Å². The molecule has 1 aliphatic rings. The molecule has 0 aliphatic heterocycles. The Bertz CT molecular complexity index is 611. The molecule has 3 heteroatoms. The highest BCUT2D eigenvalue weighted by Gasteiger charge is 2.35. The van der Waals surface area contributed by atoms with Crippen molar-refractivity contribution in [2.75, 3.05) is 0 Å². The minimum atomic E-state index is 0.298. The molecule has 0 radical (unpaired) electrons. The van der Waals surface area contributed by atoms with Crippen LogP contribution in [0.15, 0.2) is 36.5 Å². The van der Waals surface area contributed by atoms with Crippen LogP contribution in [0, 0.1) is 5.41 Å². The quantitative estimate of drug-likeness (QED) is 0.926. The third-order valence-electron chi connectivity index (χ3n) is 4.21. The summed E-state index contributed by atoms with van der Waals surface area (Å²) in [6, 6.07) is 11.3. The molecule has 1 N–H and O–H groups in total. The molecule has 1 aliphatic carbocycles. The van der Waals surface area contributed by atoms with E-state index in [0.29, 0.717) is 17.5 Å². The van der Waals surface area contributed by atoms with Crippen LogP contribution in [-0.2, 0) is 6.42 Å². The summed E-state index contributed by atoms with van der Waals surface area (Å²) in [7, 11) is 0. The molecule has 0 bridgehead atoms. The maximum absolute atomic E-state index is 4.67. The summed E-state index contributed by atoms with van der Waals surface area (Å²) in [5.41, 5.74) is 4.17. The molecular formula is C18H25N3. The number of benzene rings is 1. The number of fused-ring (bicyclic) bond motifs is 1. The molecule has 2 aromatic rings. The summed E-state index contributed by atoms with van der Waals surface area (Å²) < 4.78 is 2.12. The molecule has 0 amide bonds. The van der Waals surface area contributed by atoms with Gasteiger partial charge in [-0.25, -0.2) is 4.68 Å². The van der Waals surface area contributed by atoms with Crippen molar-refractivity contribution in [2.24, 2.45) is 5.41 Å². The number of hydrogen-bond donors (Lipinski definition) is 1. The molecule has 0 saturated carbocycles. The van der Waals surface area contributed by atoms with Crippen LogP contribution in [0.4, 0.5) is 0 Å². The van der Waals surface area contributed by atoms with Gasteiger partial charge in [-0.3, -0.25) is 0 Å². The van der Waals surface area contributed by atoms with Gasteiger partial charge in [0.15, 0.2) is 0 Å². The monoisotopic (exact) mass is 283 g/mol. The maximum atomic E-state index is 4.67. The van der Waals surface area contributed by atoms with Gasteiger partial charge in [-0.1, -0.05) is 45.9 Å². The largest absolute Gasteiger partial charge is 0.308 e. The first-order chi connectivity index (χ1) is 9.96. The van der Waals surface area contributed by atoms with E-state index < -0.39 is 0 Å². The predicted octanol–water partition coefficient (Wildman–Crippen LogP) is 3.88. The number of nitrogens with zero attached hydrogens (tertiary/aromatic N) is 2. The van der Waals surface area contributed by atoms with Gasteiger partial charge in [-0.15, -0.1) is 0 Å². The topological polar surface area (TPSA) is 29.9 Å². The van der Waals surface area contributed by atoms with E-state index >= 15 is 0 Å². The normalized spacial score (nSPS) is 20.5. The molecule has 3 rings (SSSR count). The zero-order valence-corrected chi connectivity index (χ0v) is 13.4. The van der Waals surface area contributed by atoms with Crippen LogP contribution in [0.25, 0.3) is 5.69 Å². The second kappa shape index (κ2) is 5.30. The number of rotatable bonds is 3. The van der Waals surface area contributed by atoms with E-state index in [9.17, 15) is 0 Å². The van der Waals surface area contributed by atoms with Crippen LogP contribution < -0.4 is 5.32 Å². The van der Waals surface area contributed by atoms with Crippen molar-refractivity contribution in [3.63, 3.8) is 0 Å². The van der Waals surface area contributed by atoms with E-state index in [4.69, 9.17) is 0 Å². The number of hydrogen-bond acceptors (Lipinski definition) is 2. The fourth-order valence-corrected chi connectivity index (χ4v) is 3.39. The molecule has 112 valence electrons. The van der Waals surface area contributed by atoms with E-state index in [2.05, 4.69) is 73.3 Å². The highest BCUT2D eigenvalue weighted by Crippen LogP contribution is 2.41. The van der Waals surface area contributed by atoms with E-state index in [0.717, 1.165) is 12.1 Å². The zero-order chi connectivity index (χ0) is 15.0. The van der Waals surface area contributed by atoms with Crippen LogP contribution in [0.3, 0.4) is 0 Å². The Morgan fingerprint density at radius 3 is 2.62 bits per heavy atom. The van der Waals surface area contributed by atoms with E-state index in [1.165, 1.54) is 17.7 Å². The molecule has 0 saturated heterocycles. The molecule has 21 heavy (non-hydrogen) atoms. The second-order valence-electron chi connectivity index (χ2n) is 7.21. The van der Waals surface area contributed by atoms with Crippen LogP contribution in [0.2, 0.25) is 0 Å². The molecule has 0 fully saturated rings. The first kappa shape index (κ1) is 14.3. The van der Waals surface area contributed by atoms with Crippen LogP contribution in [-0.4, -0.2) is 15.8 Å². The highest BCUT2D eigenvalue weighted by atomic mass is 15.3. The third kappa shape index (κ3) is 2.88. The fraction of sp³-hybridized carbons (Fsp3) is 0.500. The fourth-order valence-electron chi connectivity index (χ4n) is 3.39. The van der Waals surface area contributed by atoms with Crippen molar-refractivity contribution < 1.29 is 0 Å². The van der Waals surface area contributed by atoms with Crippen LogP contribution in [0.1, 0.15) is 51.4 Å². The first-order valence-electron chi connectivity index (χ1n) is 7.84. The summed E-state index contributed by atoms with van der Waals surface area (Å²) in [4.78, 5) is 0. The summed E-state index contributed by atoms with van der Waals surface area (Å²) in [6.07, 6.45) is 4.30. The van der Waals surface area contributed by atoms with Gasteiger partial charge in [-0.05, 0) is 30.4 Å². The third-order valence-corrected chi connectivity index (χ3v) is 4.21. The summed E-state index contributed by atoms with van der Waals surface area (Å²) in [5, 5.41) is 8.37. The van der Waals surface area contributed by atoms with Crippen molar-refractivity contribution in [1.82, 2.24) is 15.1 Å². The summed E-state index contributed by atoms with van der Waals surface area (Å²) in [5.74, 6) is 0. The maximum Gasteiger partial charge on any atom is 0.0648 e. The standard InChI is InChI=1S/C18H25N3/c1-13(2)20-16-10-18(3,4)11-17-15(16)12-19-21(17)14-8-6-5-7-9-14/h5-9,12-13,16,20H,10-11H2,1-4H3/t16-/m0/s1. The number of para-hydroxylation sites is 1. The van der Waals surface area contributed by atoms with Crippen LogP contribution >= 0.6 is 0 Å². The van der Waals surface area contributed by atoms with Crippen molar-refractivity contribution in [3.05, 3.63) is 47.8 Å². The van der Waals surface area contributed by atoms with Gasteiger partial charge in [0.25, 0.3) is 0 Å². The van der Waals surface area contributed by atoms with Gasteiger partial charge in [0.05, 0.1) is 11.9 Å². The van der Waals surface area contributed by atoms with Crippen molar-refractivity contribution in [2.45, 2.75) is 52.6 Å². The molecule has 1 aromatic heterocycles. The molecule has 1 aromatic carbocycles. The lowest BCUT2D eigenvalue weighted by atomic mass is 9.74. The first-order valence-corrected chi connectivity index (χ1v) is 7.84. The van der Waals surface area contributed by atoms with Gasteiger partial charge in [0.2, 0.25) is 0 Å². The van der Waals surface area contributed by atoms with Gasteiger partial charge in [-0.2, -0.15) is 5.10 Å². The Labute approximate surface area is 127 Å². The molecule has 1 heterocycles. The lowest BCUT2D eigenvalue weighted by Gasteiger charge is -2.37. The van der Waals surface area contributed by atoms with Gasteiger partial charge in [0, 0.05) is 23.3 Å². The molecule has 3 nitrogen and oxygen atoms in total. The average molecular weight is 283 g/mol. The summed E-state index contributed by atoms with van der Waals surface area (Å²) in [6.45, 7) is 9.13. The minimum Gasteiger partial charge on any atom is -0.308 e. The molecule has 1 atom stereocenters. The SMILES string of the molecule is CC(C)N[C@H]1CC(C)(C)Cc2c1cnn2-c1ccccc1. The molecule has 0 unspecified atom stereocenters. The second-order valence-corrected chi connectivity index (χ2v) is 7.21. The minimum absolute atomic E-state index is 0.298. The zero-order valence-electron chi connectivity index (χ0n) is 13.4. The van der Waals surface area contributed by atoms with Crippen LogP contribution in [0.5, 0.6) is 0 Å². The van der Waals surface area contributed by atoms with Gasteiger partial charge < -0.3 is 5.32 Å².